The van der Waals surface area contributed by atoms with Crippen LogP contribution in [0.15, 0.2) is 40.9 Å². The molecular formula is C17H18BrClFN. The smallest absolute Gasteiger partial charge is 0.137 e. The van der Waals surface area contributed by atoms with Gasteiger partial charge in [0.05, 0.1) is 10.5 Å². The first-order chi connectivity index (χ1) is 10.0. The Labute approximate surface area is 138 Å². The lowest BCUT2D eigenvalue weighted by molar-refractivity contribution is 0.591. The molecule has 0 saturated carbocycles. The minimum Gasteiger partial charge on any atom is -0.306 e. The van der Waals surface area contributed by atoms with Crippen molar-refractivity contribution in [1.82, 2.24) is 5.32 Å². The summed E-state index contributed by atoms with van der Waals surface area (Å²) in [6.45, 7) is 5.00. The van der Waals surface area contributed by atoms with E-state index in [9.17, 15) is 4.39 Å². The Morgan fingerprint density at radius 3 is 2.48 bits per heavy atom. The lowest BCUT2D eigenvalue weighted by atomic mass is 9.97. The van der Waals surface area contributed by atoms with Gasteiger partial charge in [-0.1, -0.05) is 36.7 Å². The first-order valence-electron chi connectivity index (χ1n) is 6.97. The number of benzene rings is 2. The van der Waals surface area contributed by atoms with Crippen LogP contribution in [0.25, 0.3) is 0 Å². The van der Waals surface area contributed by atoms with Crippen molar-refractivity contribution in [2.75, 3.05) is 6.54 Å². The molecule has 1 N–H and O–H groups in total. The van der Waals surface area contributed by atoms with Gasteiger partial charge in [0.2, 0.25) is 0 Å². The Hall–Kier alpha value is -0.900. The van der Waals surface area contributed by atoms with Crippen LogP contribution >= 0.6 is 27.5 Å². The molecule has 0 spiro atoms. The Kier molecular flexibility index (Phi) is 5.80. The number of hydrogen-bond acceptors (Lipinski definition) is 1. The fraction of sp³-hybridized carbons (Fsp3) is 0.294. The van der Waals surface area contributed by atoms with E-state index in [1.165, 1.54) is 6.07 Å². The first-order valence-corrected chi connectivity index (χ1v) is 8.14. The van der Waals surface area contributed by atoms with E-state index in [0.717, 1.165) is 34.7 Å². The van der Waals surface area contributed by atoms with Crippen LogP contribution in [0.3, 0.4) is 0 Å². The summed E-state index contributed by atoms with van der Waals surface area (Å²) in [6, 6.07) is 11.2. The average molecular weight is 371 g/mol. The monoisotopic (exact) mass is 369 g/mol. The SMILES string of the molecule is CCCNC(c1ccc(Cl)c(C)c1)c1ccc(F)c(Br)c1. The van der Waals surface area contributed by atoms with Crippen molar-refractivity contribution in [2.24, 2.45) is 0 Å². The molecule has 2 aromatic carbocycles. The van der Waals surface area contributed by atoms with Gasteiger partial charge in [-0.25, -0.2) is 4.39 Å². The van der Waals surface area contributed by atoms with Crippen molar-refractivity contribution in [1.29, 1.82) is 0 Å². The quantitative estimate of drug-likeness (QED) is 0.718. The molecule has 0 saturated heterocycles. The van der Waals surface area contributed by atoms with Gasteiger partial charge >= 0.3 is 0 Å². The molecule has 0 radical (unpaired) electrons. The Morgan fingerprint density at radius 1 is 1.19 bits per heavy atom. The maximum Gasteiger partial charge on any atom is 0.137 e. The van der Waals surface area contributed by atoms with Crippen LogP contribution in [0.4, 0.5) is 4.39 Å². The van der Waals surface area contributed by atoms with E-state index in [0.29, 0.717) is 4.47 Å². The molecule has 1 nitrogen and oxygen atoms in total. The van der Waals surface area contributed by atoms with E-state index in [1.54, 1.807) is 0 Å². The maximum absolute atomic E-state index is 13.4. The van der Waals surface area contributed by atoms with Crippen molar-refractivity contribution < 1.29 is 4.39 Å². The largest absolute Gasteiger partial charge is 0.306 e. The molecule has 4 heteroatoms. The van der Waals surface area contributed by atoms with Gasteiger partial charge < -0.3 is 5.32 Å². The van der Waals surface area contributed by atoms with E-state index >= 15 is 0 Å². The summed E-state index contributed by atoms with van der Waals surface area (Å²) in [7, 11) is 0. The molecule has 1 unspecified atom stereocenters. The summed E-state index contributed by atoms with van der Waals surface area (Å²) in [5.41, 5.74) is 3.20. The van der Waals surface area contributed by atoms with Crippen molar-refractivity contribution in [2.45, 2.75) is 26.3 Å². The normalized spacial score (nSPS) is 12.4. The standard InChI is InChI=1S/C17H18BrClFN/c1-3-8-21-17(12-4-6-15(19)11(2)9-12)13-5-7-16(20)14(18)10-13/h4-7,9-10,17,21H,3,8H2,1-2H3. The van der Waals surface area contributed by atoms with Crippen molar-refractivity contribution in [3.05, 3.63) is 68.4 Å². The number of rotatable bonds is 5. The van der Waals surface area contributed by atoms with Crippen LogP contribution in [0.5, 0.6) is 0 Å². The highest BCUT2D eigenvalue weighted by Gasteiger charge is 2.15. The van der Waals surface area contributed by atoms with Gasteiger partial charge in [-0.2, -0.15) is 0 Å². The molecule has 2 rings (SSSR count). The zero-order valence-corrected chi connectivity index (χ0v) is 14.4. The number of nitrogens with one attached hydrogen (secondary N) is 1. The van der Waals surface area contributed by atoms with Gasteiger partial charge in [-0.15, -0.1) is 0 Å². The third-order valence-corrected chi connectivity index (χ3v) is 4.42. The second-order valence-electron chi connectivity index (χ2n) is 5.07. The van der Waals surface area contributed by atoms with E-state index in [2.05, 4.69) is 34.2 Å². The molecule has 0 aromatic heterocycles. The molecular weight excluding hydrogens is 353 g/mol. The number of aryl methyl sites for hydroxylation is 1. The van der Waals surface area contributed by atoms with Crippen LogP contribution in [-0.4, -0.2) is 6.54 Å². The summed E-state index contributed by atoms with van der Waals surface area (Å²) in [5.74, 6) is -0.250. The van der Waals surface area contributed by atoms with Crippen molar-refractivity contribution in [3.63, 3.8) is 0 Å². The summed E-state index contributed by atoms with van der Waals surface area (Å²) in [4.78, 5) is 0. The van der Waals surface area contributed by atoms with E-state index in [-0.39, 0.29) is 11.9 Å². The third-order valence-electron chi connectivity index (χ3n) is 3.39. The van der Waals surface area contributed by atoms with Crippen molar-refractivity contribution in [3.8, 4) is 0 Å². The third kappa shape index (κ3) is 4.06. The first kappa shape index (κ1) is 16.5. The second kappa shape index (κ2) is 7.39. The zero-order chi connectivity index (χ0) is 15.4. The van der Waals surface area contributed by atoms with Crippen LogP contribution in [0.1, 0.15) is 36.1 Å². The topological polar surface area (TPSA) is 12.0 Å². The van der Waals surface area contributed by atoms with Crippen LogP contribution in [0, 0.1) is 12.7 Å². The van der Waals surface area contributed by atoms with Gasteiger partial charge in [-0.05, 0) is 70.7 Å². The molecule has 112 valence electrons. The Bertz CT molecular complexity index is 579. The Morgan fingerprint density at radius 2 is 1.86 bits per heavy atom. The highest BCUT2D eigenvalue weighted by Crippen LogP contribution is 2.28. The van der Waals surface area contributed by atoms with Gasteiger partial charge in [-0.3, -0.25) is 0 Å². The highest BCUT2D eigenvalue weighted by molar-refractivity contribution is 9.10. The summed E-state index contributed by atoms with van der Waals surface area (Å²) in [6.07, 6.45) is 1.03. The van der Waals surface area contributed by atoms with Gasteiger partial charge in [0.25, 0.3) is 0 Å². The minimum atomic E-state index is -0.250. The molecule has 0 bridgehead atoms. The second-order valence-corrected chi connectivity index (χ2v) is 6.33. The summed E-state index contributed by atoms with van der Waals surface area (Å²) >= 11 is 9.36. The van der Waals surface area contributed by atoms with Gasteiger partial charge in [0, 0.05) is 5.02 Å². The number of hydrogen-bond donors (Lipinski definition) is 1. The molecule has 2 aromatic rings. The van der Waals surface area contributed by atoms with Crippen molar-refractivity contribution >= 4 is 27.5 Å². The van der Waals surface area contributed by atoms with Gasteiger partial charge in [0.15, 0.2) is 0 Å². The lowest BCUT2D eigenvalue weighted by Crippen LogP contribution is -2.23. The molecule has 0 aliphatic carbocycles. The fourth-order valence-electron chi connectivity index (χ4n) is 2.26. The molecule has 0 heterocycles. The lowest BCUT2D eigenvalue weighted by Gasteiger charge is -2.21. The van der Waals surface area contributed by atoms with E-state index < -0.39 is 0 Å². The van der Waals surface area contributed by atoms with E-state index in [4.69, 9.17) is 11.6 Å². The zero-order valence-electron chi connectivity index (χ0n) is 12.1. The predicted octanol–water partition coefficient (Wildman–Crippen LogP) is 5.64. The maximum atomic E-state index is 13.4. The predicted molar refractivity (Wildman–Crippen MR) is 90.4 cm³/mol. The molecule has 1 atom stereocenters. The summed E-state index contributed by atoms with van der Waals surface area (Å²) < 4.78 is 13.9. The highest BCUT2D eigenvalue weighted by atomic mass is 79.9. The molecule has 0 amide bonds. The Balaban J connectivity index is 2.41. The fourth-order valence-corrected chi connectivity index (χ4v) is 2.77. The molecule has 0 aliphatic rings. The van der Waals surface area contributed by atoms with Crippen LogP contribution < -0.4 is 5.32 Å². The molecule has 21 heavy (non-hydrogen) atoms. The summed E-state index contributed by atoms with van der Waals surface area (Å²) in [5, 5.41) is 4.27. The van der Waals surface area contributed by atoms with Gasteiger partial charge in [0.1, 0.15) is 5.82 Å². The van der Waals surface area contributed by atoms with Crippen LogP contribution in [0.2, 0.25) is 5.02 Å². The average Bonchev–Trinajstić information content (AvgIpc) is 2.46. The minimum absolute atomic E-state index is 0.0258. The number of halogens is 3. The van der Waals surface area contributed by atoms with Crippen LogP contribution in [-0.2, 0) is 0 Å². The van der Waals surface area contributed by atoms with E-state index in [1.807, 2.05) is 31.2 Å². The molecule has 0 aliphatic heterocycles. The molecule has 0 fully saturated rings.